The number of amides is 4. The van der Waals surface area contributed by atoms with Crippen LogP contribution in [0.3, 0.4) is 0 Å². The zero-order valence-electron chi connectivity index (χ0n) is 13.4. The topological polar surface area (TPSA) is 69.7 Å². The van der Waals surface area contributed by atoms with Gasteiger partial charge in [-0.2, -0.15) is 0 Å². The predicted molar refractivity (Wildman–Crippen MR) is 93.1 cm³/mol. The summed E-state index contributed by atoms with van der Waals surface area (Å²) < 4.78 is 0. The fourth-order valence-corrected chi connectivity index (χ4v) is 4.11. The summed E-state index contributed by atoms with van der Waals surface area (Å²) in [5, 5.41) is 4.73. The lowest BCUT2D eigenvalue weighted by Crippen LogP contribution is -2.64. The number of hydrogen-bond acceptors (Lipinski definition) is 4. The average Bonchev–Trinajstić information content (AvgIpc) is 3.29. The molecule has 2 fully saturated rings. The van der Waals surface area contributed by atoms with Gasteiger partial charge in [0.05, 0.1) is 17.5 Å². The molecule has 25 heavy (non-hydrogen) atoms. The second-order valence-corrected chi connectivity index (χ2v) is 7.12. The van der Waals surface area contributed by atoms with Crippen molar-refractivity contribution in [2.24, 2.45) is 0 Å². The number of thiophene rings is 1. The fraction of sp³-hybridized carbons (Fsp3) is 0.278. The molecule has 2 aliphatic rings. The molecule has 2 saturated heterocycles. The van der Waals surface area contributed by atoms with Gasteiger partial charge in [-0.3, -0.25) is 14.5 Å². The number of nitrogens with zero attached hydrogens (tertiary/aromatic N) is 2. The van der Waals surface area contributed by atoms with Gasteiger partial charge in [0.1, 0.15) is 6.04 Å². The lowest BCUT2D eigenvalue weighted by atomic mass is 10.0. The summed E-state index contributed by atoms with van der Waals surface area (Å²) in [6.45, 7) is 0.674. The Morgan fingerprint density at radius 2 is 1.96 bits per heavy atom. The van der Waals surface area contributed by atoms with Crippen molar-refractivity contribution in [2.45, 2.75) is 25.0 Å². The first-order valence-corrected chi connectivity index (χ1v) is 9.03. The Morgan fingerprint density at radius 1 is 1.16 bits per heavy atom. The van der Waals surface area contributed by atoms with Gasteiger partial charge in [0.15, 0.2) is 0 Å². The van der Waals surface area contributed by atoms with Crippen molar-refractivity contribution in [3.63, 3.8) is 0 Å². The van der Waals surface area contributed by atoms with Gasteiger partial charge in [0.2, 0.25) is 0 Å². The molecule has 2 aliphatic heterocycles. The summed E-state index contributed by atoms with van der Waals surface area (Å²) in [6.07, 6.45) is 0.596. The van der Waals surface area contributed by atoms with Gasteiger partial charge in [-0.1, -0.05) is 36.4 Å². The summed E-state index contributed by atoms with van der Waals surface area (Å²) in [5.41, 5.74) is 0.874. The molecule has 7 heteroatoms. The second-order valence-electron chi connectivity index (χ2n) is 6.18. The third kappa shape index (κ3) is 2.80. The molecule has 2 atom stereocenters. The van der Waals surface area contributed by atoms with Gasteiger partial charge in [0, 0.05) is 6.54 Å². The summed E-state index contributed by atoms with van der Waals surface area (Å²) in [4.78, 5) is 41.4. The number of carbonyl (C=O) groups is 3. The van der Waals surface area contributed by atoms with Crippen molar-refractivity contribution < 1.29 is 14.4 Å². The quantitative estimate of drug-likeness (QED) is 0.916. The Bertz CT molecular complexity index is 806. The van der Waals surface area contributed by atoms with E-state index >= 15 is 0 Å². The largest absolute Gasteiger partial charge is 0.332 e. The second kappa shape index (κ2) is 6.33. The van der Waals surface area contributed by atoms with Crippen LogP contribution in [0.25, 0.3) is 0 Å². The number of hydrogen-bond donors (Lipinski definition) is 1. The highest BCUT2D eigenvalue weighted by molar-refractivity contribution is 7.12. The Morgan fingerprint density at radius 3 is 2.68 bits per heavy atom. The zero-order chi connectivity index (χ0) is 17.4. The molecule has 3 heterocycles. The van der Waals surface area contributed by atoms with E-state index in [4.69, 9.17) is 0 Å². The van der Waals surface area contributed by atoms with E-state index in [1.807, 2.05) is 41.8 Å². The first-order chi connectivity index (χ1) is 12.1. The van der Waals surface area contributed by atoms with Gasteiger partial charge in [-0.05, 0) is 23.4 Å². The highest BCUT2D eigenvalue weighted by Gasteiger charge is 2.49. The van der Waals surface area contributed by atoms with Crippen LogP contribution in [0.15, 0.2) is 47.8 Å². The molecular formula is C18H17N3O3S. The zero-order valence-corrected chi connectivity index (χ0v) is 14.2. The normalized spacial score (nSPS) is 22.7. The van der Waals surface area contributed by atoms with Crippen molar-refractivity contribution >= 4 is 29.2 Å². The molecule has 1 aromatic carbocycles. The molecule has 0 saturated carbocycles. The minimum atomic E-state index is -0.629. The van der Waals surface area contributed by atoms with Crippen LogP contribution in [0.5, 0.6) is 0 Å². The number of nitrogens with one attached hydrogen (secondary N) is 1. The van der Waals surface area contributed by atoms with E-state index in [1.54, 1.807) is 11.0 Å². The Kier molecular flexibility index (Phi) is 4.01. The minimum Gasteiger partial charge on any atom is -0.332 e. The van der Waals surface area contributed by atoms with Crippen LogP contribution in [-0.2, 0) is 11.3 Å². The lowest BCUT2D eigenvalue weighted by Gasteiger charge is -2.36. The summed E-state index contributed by atoms with van der Waals surface area (Å²) in [7, 11) is 0. The first kappa shape index (κ1) is 15.8. The van der Waals surface area contributed by atoms with Gasteiger partial charge in [-0.15, -0.1) is 11.3 Å². The lowest BCUT2D eigenvalue weighted by molar-refractivity contribution is -0.134. The third-order valence-electron chi connectivity index (χ3n) is 4.65. The van der Waals surface area contributed by atoms with E-state index in [1.165, 1.54) is 16.2 Å². The van der Waals surface area contributed by atoms with E-state index in [-0.39, 0.29) is 30.4 Å². The maximum Gasteiger partial charge on any atom is 0.324 e. The van der Waals surface area contributed by atoms with Gasteiger partial charge < -0.3 is 10.2 Å². The van der Waals surface area contributed by atoms with E-state index in [0.717, 1.165) is 5.56 Å². The Labute approximate surface area is 149 Å². The molecule has 4 amide bonds. The maximum absolute atomic E-state index is 13.0. The molecule has 0 spiro atoms. The first-order valence-electron chi connectivity index (χ1n) is 8.15. The van der Waals surface area contributed by atoms with Crippen molar-refractivity contribution in [1.29, 1.82) is 0 Å². The fourth-order valence-electron chi connectivity index (χ4n) is 3.43. The molecule has 1 aromatic heterocycles. The van der Waals surface area contributed by atoms with Crippen molar-refractivity contribution in [3.8, 4) is 0 Å². The van der Waals surface area contributed by atoms with E-state index < -0.39 is 6.04 Å². The highest BCUT2D eigenvalue weighted by atomic mass is 32.1. The van der Waals surface area contributed by atoms with Crippen molar-refractivity contribution in [1.82, 2.24) is 15.1 Å². The number of likely N-dealkylation sites (tertiary alicyclic amines) is 1. The maximum atomic E-state index is 13.0. The molecule has 2 aromatic rings. The average molecular weight is 355 g/mol. The molecule has 6 nitrogen and oxygen atoms in total. The summed E-state index contributed by atoms with van der Waals surface area (Å²) in [5.74, 6) is -0.452. The molecule has 4 rings (SSSR count). The monoisotopic (exact) mass is 355 g/mol. The van der Waals surface area contributed by atoms with Crippen LogP contribution in [0.4, 0.5) is 4.79 Å². The predicted octanol–water partition coefficient (Wildman–Crippen LogP) is 2.08. The third-order valence-corrected chi connectivity index (χ3v) is 5.51. The Hall–Kier alpha value is -2.67. The van der Waals surface area contributed by atoms with Gasteiger partial charge in [-0.25, -0.2) is 4.79 Å². The van der Waals surface area contributed by atoms with Crippen LogP contribution >= 0.6 is 11.3 Å². The number of rotatable bonds is 3. The minimum absolute atomic E-state index is 0.147. The van der Waals surface area contributed by atoms with Gasteiger partial charge >= 0.3 is 6.03 Å². The number of imide groups is 1. The SMILES string of the molecule is O=C1N[C@@H]2CCN(C(=O)c3cccs3)[C@@H]2C(=O)N1Cc1ccccc1. The van der Waals surface area contributed by atoms with Crippen LogP contribution < -0.4 is 5.32 Å². The number of carbonyl (C=O) groups excluding carboxylic acids is 3. The van der Waals surface area contributed by atoms with E-state index in [9.17, 15) is 14.4 Å². The highest BCUT2D eigenvalue weighted by Crippen LogP contribution is 2.27. The van der Waals surface area contributed by atoms with Crippen molar-refractivity contribution in [2.75, 3.05) is 6.54 Å². The van der Waals surface area contributed by atoms with Gasteiger partial charge in [0.25, 0.3) is 11.8 Å². The van der Waals surface area contributed by atoms with Crippen LogP contribution in [0.2, 0.25) is 0 Å². The van der Waals surface area contributed by atoms with Crippen LogP contribution in [0.1, 0.15) is 21.7 Å². The van der Waals surface area contributed by atoms with E-state index in [0.29, 0.717) is 17.8 Å². The summed E-state index contributed by atoms with van der Waals surface area (Å²) in [6, 6.07) is 11.6. The molecular weight excluding hydrogens is 338 g/mol. The molecule has 0 radical (unpaired) electrons. The van der Waals surface area contributed by atoms with Crippen molar-refractivity contribution in [3.05, 3.63) is 58.3 Å². The number of benzene rings is 1. The Balaban J connectivity index is 1.58. The standard InChI is InChI=1S/C18H17N3O3S/c22-16(14-7-4-10-25-14)20-9-8-13-15(20)17(23)21(18(24)19-13)11-12-5-2-1-3-6-12/h1-7,10,13,15H,8-9,11H2,(H,19,24)/t13-,15+/m1/s1. The van der Waals surface area contributed by atoms with E-state index in [2.05, 4.69) is 5.32 Å². The molecule has 0 aliphatic carbocycles. The molecule has 1 N–H and O–H groups in total. The molecule has 0 unspecified atom stereocenters. The number of urea groups is 1. The van der Waals surface area contributed by atoms with Crippen LogP contribution in [-0.4, -0.2) is 46.3 Å². The molecule has 0 bridgehead atoms. The van der Waals surface area contributed by atoms with Crippen LogP contribution in [0, 0.1) is 0 Å². The summed E-state index contributed by atoms with van der Waals surface area (Å²) >= 11 is 1.36. The molecule has 128 valence electrons. The number of fused-ring (bicyclic) bond motifs is 1. The smallest absolute Gasteiger partial charge is 0.324 e.